The minimum atomic E-state index is -0.638. The molecule has 2 aromatic heterocycles. The van der Waals surface area contributed by atoms with E-state index in [0.29, 0.717) is 5.56 Å². The predicted octanol–water partition coefficient (Wildman–Crippen LogP) is 1.11. The Balaban J connectivity index is 2.07. The summed E-state index contributed by atoms with van der Waals surface area (Å²) >= 11 is 0. The molecule has 10 heteroatoms. The van der Waals surface area contributed by atoms with E-state index in [1.807, 2.05) is 0 Å². The van der Waals surface area contributed by atoms with Crippen LogP contribution in [0, 0.1) is 15.9 Å². The fraction of sp³-hybridized carbons (Fsp3) is 0.0909. The minimum absolute atomic E-state index is 0.0650. The fourth-order valence-electron chi connectivity index (χ4n) is 1.82. The van der Waals surface area contributed by atoms with E-state index in [4.69, 9.17) is 0 Å². The van der Waals surface area contributed by atoms with Crippen LogP contribution in [0.3, 0.4) is 0 Å². The van der Waals surface area contributed by atoms with Crippen LogP contribution >= 0.6 is 0 Å². The molecule has 0 radical (unpaired) electrons. The number of aryl methyl sites for hydroxylation is 1. The molecule has 0 N–H and O–H groups in total. The Morgan fingerprint density at radius 2 is 2.19 bits per heavy atom. The van der Waals surface area contributed by atoms with Crippen molar-refractivity contribution < 1.29 is 9.31 Å². The largest absolute Gasteiger partial charge is 0.410 e. The molecular formula is C11H8FN7O2. The highest BCUT2D eigenvalue weighted by molar-refractivity contribution is 5.54. The first-order valence-corrected chi connectivity index (χ1v) is 5.78. The summed E-state index contributed by atoms with van der Waals surface area (Å²) in [6.45, 7) is 0. The van der Waals surface area contributed by atoms with Crippen LogP contribution in [0.15, 0.2) is 30.6 Å². The van der Waals surface area contributed by atoms with Crippen LogP contribution in [-0.2, 0) is 7.05 Å². The summed E-state index contributed by atoms with van der Waals surface area (Å²) in [5.41, 5.74) is 0.422. The molecule has 3 aromatic rings. The number of rotatable bonds is 3. The SMILES string of the molecule is Cn1cnc([N+](=O)[O-])c1-n1nnc(-c2cccc(F)c2)n1. The van der Waals surface area contributed by atoms with Gasteiger partial charge in [0.1, 0.15) is 5.82 Å². The van der Waals surface area contributed by atoms with Gasteiger partial charge in [-0.2, -0.15) is 0 Å². The zero-order valence-electron chi connectivity index (χ0n) is 10.7. The van der Waals surface area contributed by atoms with Crippen molar-refractivity contribution in [1.82, 2.24) is 29.8 Å². The predicted molar refractivity (Wildman–Crippen MR) is 68.0 cm³/mol. The molecule has 3 rings (SSSR count). The summed E-state index contributed by atoms with van der Waals surface area (Å²) < 4.78 is 14.6. The second-order valence-corrected chi connectivity index (χ2v) is 4.17. The maximum atomic E-state index is 13.2. The van der Waals surface area contributed by atoms with Gasteiger partial charge in [0.2, 0.25) is 12.2 Å². The molecule has 0 unspecified atom stereocenters. The third-order valence-corrected chi connectivity index (χ3v) is 2.75. The first kappa shape index (κ1) is 12.8. The first-order valence-electron chi connectivity index (χ1n) is 5.78. The Labute approximate surface area is 116 Å². The molecule has 0 saturated heterocycles. The molecule has 0 bridgehead atoms. The molecule has 0 fully saturated rings. The molecule has 0 aliphatic carbocycles. The van der Waals surface area contributed by atoms with Crippen molar-refractivity contribution in [2.24, 2.45) is 7.05 Å². The molecule has 0 amide bonds. The van der Waals surface area contributed by atoms with E-state index < -0.39 is 10.7 Å². The molecule has 106 valence electrons. The average Bonchev–Trinajstić information content (AvgIpc) is 3.04. The van der Waals surface area contributed by atoms with Crippen LogP contribution in [0.1, 0.15) is 0 Å². The zero-order valence-corrected chi connectivity index (χ0v) is 10.7. The van der Waals surface area contributed by atoms with Gasteiger partial charge in [0.05, 0.1) is 0 Å². The third kappa shape index (κ3) is 2.22. The van der Waals surface area contributed by atoms with E-state index in [0.717, 1.165) is 4.80 Å². The fourth-order valence-corrected chi connectivity index (χ4v) is 1.82. The van der Waals surface area contributed by atoms with Crippen molar-refractivity contribution in [1.29, 1.82) is 0 Å². The molecular weight excluding hydrogens is 281 g/mol. The molecule has 0 aliphatic rings. The van der Waals surface area contributed by atoms with Crippen molar-refractivity contribution in [3.05, 3.63) is 46.5 Å². The topological polar surface area (TPSA) is 105 Å². The van der Waals surface area contributed by atoms with E-state index in [1.165, 1.54) is 29.1 Å². The first-order chi connectivity index (χ1) is 10.1. The zero-order chi connectivity index (χ0) is 15.0. The highest BCUT2D eigenvalue weighted by Gasteiger charge is 2.24. The standard InChI is InChI=1S/C11H8FN7O2/c1-17-6-13-10(19(20)21)11(17)18-15-9(14-16-18)7-3-2-4-8(12)5-7/h2-6H,1H3. The number of tetrazole rings is 1. The number of nitrogens with zero attached hydrogens (tertiary/aromatic N) is 7. The lowest BCUT2D eigenvalue weighted by Gasteiger charge is -1.98. The monoisotopic (exact) mass is 289 g/mol. The summed E-state index contributed by atoms with van der Waals surface area (Å²) in [6.07, 6.45) is 1.28. The van der Waals surface area contributed by atoms with Gasteiger partial charge in [-0.3, -0.25) is 4.57 Å². The minimum Gasteiger partial charge on any atom is -0.358 e. The van der Waals surface area contributed by atoms with E-state index in [-0.39, 0.29) is 17.5 Å². The van der Waals surface area contributed by atoms with Gasteiger partial charge in [0.25, 0.3) is 5.82 Å². The lowest BCUT2D eigenvalue weighted by atomic mass is 10.2. The van der Waals surface area contributed by atoms with E-state index >= 15 is 0 Å². The summed E-state index contributed by atoms with van der Waals surface area (Å²) in [5, 5.41) is 22.5. The molecule has 0 saturated carbocycles. The molecule has 9 nitrogen and oxygen atoms in total. The van der Waals surface area contributed by atoms with Crippen LogP contribution < -0.4 is 0 Å². The number of imidazole rings is 1. The van der Waals surface area contributed by atoms with E-state index in [1.54, 1.807) is 13.1 Å². The second kappa shape index (κ2) is 4.74. The Morgan fingerprint density at radius 3 is 2.90 bits per heavy atom. The summed E-state index contributed by atoms with van der Waals surface area (Å²) in [4.78, 5) is 14.9. The Hall–Kier alpha value is -3.17. The lowest BCUT2D eigenvalue weighted by molar-refractivity contribution is -0.389. The van der Waals surface area contributed by atoms with Gasteiger partial charge < -0.3 is 10.1 Å². The molecule has 1 aromatic carbocycles. The number of aromatic nitrogens is 6. The van der Waals surface area contributed by atoms with Crippen LogP contribution in [0.4, 0.5) is 10.2 Å². The van der Waals surface area contributed by atoms with Crippen molar-refractivity contribution in [2.75, 3.05) is 0 Å². The van der Waals surface area contributed by atoms with Gasteiger partial charge in [0, 0.05) is 12.6 Å². The molecule has 2 heterocycles. The van der Waals surface area contributed by atoms with Crippen LogP contribution in [0.5, 0.6) is 0 Å². The smallest absolute Gasteiger partial charge is 0.358 e. The van der Waals surface area contributed by atoms with Crippen molar-refractivity contribution in [3.63, 3.8) is 0 Å². The van der Waals surface area contributed by atoms with Crippen LogP contribution in [0.2, 0.25) is 0 Å². The number of hydrogen-bond donors (Lipinski definition) is 0. The maximum Gasteiger partial charge on any atom is 0.410 e. The number of halogens is 1. The highest BCUT2D eigenvalue weighted by atomic mass is 19.1. The lowest BCUT2D eigenvalue weighted by Crippen LogP contribution is -2.07. The van der Waals surface area contributed by atoms with Crippen molar-refractivity contribution >= 4 is 5.82 Å². The number of hydrogen-bond acceptors (Lipinski definition) is 6. The van der Waals surface area contributed by atoms with Gasteiger partial charge in [-0.1, -0.05) is 12.1 Å². The Kier molecular flexibility index (Phi) is 2.90. The normalized spacial score (nSPS) is 10.8. The van der Waals surface area contributed by atoms with Gasteiger partial charge in [0.15, 0.2) is 0 Å². The maximum absolute atomic E-state index is 13.2. The second-order valence-electron chi connectivity index (χ2n) is 4.17. The molecule has 0 spiro atoms. The number of benzene rings is 1. The molecule has 0 aliphatic heterocycles. The average molecular weight is 289 g/mol. The quantitative estimate of drug-likeness (QED) is 0.528. The van der Waals surface area contributed by atoms with Gasteiger partial charge in [-0.15, -0.1) is 15.0 Å². The van der Waals surface area contributed by atoms with E-state index in [2.05, 4.69) is 20.4 Å². The summed E-state index contributed by atoms with van der Waals surface area (Å²) in [5.74, 6) is -0.601. The Bertz CT molecular complexity index is 826. The Morgan fingerprint density at radius 1 is 1.38 bits per heavy atom. The highest BCUT2D eigenvalue weighted by Crippen LogP contribution is 2.20. The number of nitro groups is 1. The van der Waals surface area contributed by atoms with Crippen LogP contribution in [0.25, 0.3) is 17.2 Å². The van der Waals surface area contributed by atoms with Crippen LogP contribution in [-0.4, -0.2) is 34.7 Å². The molecule has 0 atom stereocenters. The molecule has 21 heavy (non-hydrogen) atoms. The van der Waals surface area contributed by atoms with Gasteiger partial charge >= 0.3 is 5.82 Å². The van der Waals surface area contributed by atoms with Crippen molar-refractivity contribution in [2.45, 2.75) is 0 Å². The van der Waals surface area contributed by atoms with Crippen molar-refractivity contribution in [3.8, 4) is 17.2 Å². The van der Waals surface area contributed by atoms with Gasteiger partial charge in [-0.05, 0) is 27.3 Å². The summed E-state index contributed by atoms with van der Waals surface area (Å²) in [7, 11) is 1.57. The third-order valence-electron chi connectivity index (χ3n) is 2.75. The summed E-state index contributed by atoms with van der Waals surface area (Å²) in [6, 6.07) is 5.67. The van der Waals surface area contributed by atoms with E-state index in [9.17, 15) is 14.5 Å². The van der Waals surface area contributed by atoms with Gasteiger partial charge in [-0.25, -0.2) is 4.39 Å².